The molecule has 1 nitrogen and oxygen atoms in total. The summed E-state index contributed by atoms with van der Waals surface area (Å²) in [5.41, 5.74) is 5.17. The number of rotatable bonds is 2. The second-order valence-corrected chi connectivity index (χ2v) is 3.00. The Balaban J connectivity index is 0. The Hall–Kier alpha value is 1.88. The molecule has 0 saturated heterocycles. The van der Waals surface area contributed by atoms with E-state index in [4.69, 9.17) is 5.73 Å². The van der Waals surface area contributed by atoms with Crippen molar-refractivity contribution >= 4 is 79.7 Å². The van der Waals surface area contributed by atoms with Gasteiger partial charge in [0.15, 0.2) is 0 Å². The molecule has 0 amide bonds. The number of nitrogens with two attached hydrogens (primary N) is 1. The number of hydrogen-bond donors (Lipinski definition) is 1. The van der Waals surface area contributed by atoms with Crippen molar-refractivity contribution < 1.29 is 0 Å². The Labute approximate surface area is 103 Å². The SMILES string of the molecule is CCCSC(N)=S.[K]. The zero-order valence-corrected chi connectivity index (χ0v) is 10.1. The second-order valence-electron chi connectivity index (χ2n) is 1.17. The van der Waals surface area contributed by atoms with Crippen LogP contribution in [-0.4, -0.2) is 61.5 Å². The Morgan fingerprint density at radius 1 is 1.75 bits per heavy atom. The van der Waals surface area contributed by atoms with Crippen molar-refractivity contribution in [3.8, 4) is 0 Å². The maximum atomic E-state index is 5.17. The van der Waals surface area contributed by atoms with Gasteiger partial charge in [0, 0.05) is 51.4 Å². The van der Waals surface area contributed by atoms with Crippen LogP contribution in [0.15, 0.2) is 0 Å². The molecule has 43 valence electrons. The van der Waals surface area contributed by atoms with Gasteiger partial charge in [0.2, 0.25) is 0 Å². The van der Waals surface area contributed by atoms with E-state index in [0.29, 0.717) is 4.32 Å². The average molecular weight is 174 g/mol. The second kappa shape index (κ2) is 8.88. The maximum absolute atomic E-state index is 5.17. The molecule has 1 radical (unpaired) electrons. The van der Waals surface area contributed by atoms with Crippen LogP contribution in [-0.2, 0) is 0 Å². The van der Waals surface area contributed by atoms with E-state index >= 15 is 0 Å². The molecule has 0 aromatic heterocycles. The van der Waals surface area contributed by atoms with Gasteiger partial charge in [-0.2, -0.15) is 0 Å². The molecule has 2 N–H and O–H groups in total. The van der Waals surface area contributed by atoms with Crippen molar-refractivity contribution in [3.63, 3.8) is 0 Å². The van der Waals surface area contributed by atoms with E-state index in [0.717, 1.165) is 12.2 Å². The molecular formula is C4H9KNS2. The van der Waals surface area contributed by atoms with Crippen LogP contribution < -0.4 is 5.73 Å². The summed E-state index contributed by atoms with van der Waals surface area (Å²) < 4.78 is 0.557. The first kappa shape index (κ1) is 12.5. The van der Waals surface area contributed by atoms with Gasteiger partial charge in [0.1, 0.15) is 4.32 Å². The fourth-order valence-electron chi connectivity index (χ4n) is 0.203. The van der Waals surface area contributed by atoms with Gasteiger partial charge in [0.25, 0.3) is 0 Å². The van der Waals surface area contributed by atoms with Gasteiger partial charge in [-0.1, -0.05) is 30.9 Å². The van der Waals surface area contributed by atoms with Gasteiger partial charge >= 0.3 is 0 Å². The van der Waals surface area contributed by atoms with Crippen LogP contribution in [0.2, 0.25) is 0 Å². The molecule has 0 heterocycles. The summed E-state index contributed by atoms with van der Waals surface area (Å²) in [6, 6.07) is 0. The predicted octanol–water partition coefficient (Wildman–Crippen LogP) is 0.992. The third-order valence-corrected chi connectivity index (χ3v) is 1.70. The quantitative estimate of drug-likeness (QED) is 0.499. The summed E-state index contributed by atoms with van der Waals surface area (Å²) in [4.78, 5) is 0. The molecule has 0 atom stereocenters. The molecule has 0 aliphatic carbocycles. The average Bonchev–Trinajstić information content (AvgIpc) is 1.61. The third-order valence-electron chi connectivity index (χ3n) is 0.448. The molecule has 0 aliphatic rings. The number of hydrogen-bond acceptors (Lipinski definition) is 2. The van der Waals surface area contributed by atoms with Crippen molar-refractivity contribution in [2.45, 2.75) is 13.3 Å². The molecule has 4 heteroatoms. The van der Waals surface area contributed by atoms with Gasteiger partial charge in [-0.25, -0.2) is 0 Å². The zero-order valence-electron chi connectivity index (χ0n) is 5.31. The molecule has 0 aliphatic heterocycles. The smallest absolute Gasteiger partial charge is 0.131 e. The molecule has 0 aromatic carbocycles. The molecule has 0 spiro atoms. The van der Waals surface area contributed by atoms with E-state index in [9.17, 15) is 0 Å². The first-order valence-electron chi connectivity index (χ1n) is 2.19. The van der Waals surface area contributed by atoms with Crippen LogP contribution in [0, 0.1) is 0 Å². The minimum Gasteiger partial charge on any atom is -0.385 e. The summed E-state index contributed by atoms with van der Waals surface area (Å²) in [6.45, 7) is 2.10. The van der Waals surface area contributed by atoms with E-state index < -0.39 is 0 Å². The van der Waals surface area contributed by atoms with Gasteiger partial charge in [-0.05, 0) is 12.2 Å². The summed E-state index contributed by atoms with van der Waals surface area (Å²) in [5, 5.41) is 0. The fraction of sp³-hybridized carbons (Fsp3) is 0.750. The van der Waals surface area contributed by atoms with E-state index in [1.807, 2.05) is 0 Å². The minimum atomic E-state index is 0. The van der Waals surface area contributed by atoms with Crippen molar-refractivity contribution in [3.05, 3.63) is 0 Å². The monoisotopic (exact) mass is 174 g/mol. The molecule has 0 fully saturated rings. The van der Waals surface area contributed by atoms with E-state index in [1.54, 1.807) is 11.8 Å². The van der Waals surface area contributed by atoms with Crippen molar-refractivity contribution in [1.82, 2.24) is 0 Å². The Morgan fingerprint density at radius 3 is 2.38 bits per heavy atom. The fourth-order valence-corrected chi connectivity index (χ4v) is 0.858. The van der Waals surface area contributed by atoms with Gasteiger partial charge < -0.3 is 5.73 Å². The van der Waals surface area contributed by atoms with Crippen LogP contribution in [0.5, 0.6) is 0 Å². The zero-order chi connectivity index (χ0) is 5.70. The third kappa shape index (κ3) is 10.8. The standard InChI is InChI=1S/C4H9NS2.K/c1-2-3-7-4(5)6;/h2-3H2,1H3,(H2,5,6);. The molecular weight excluding hydrogens is 165 g/mol. The van der Waals surface area contributed by atoms with Crippen LogP contribution in [0.4, 0.5) is 0 Å². The van der Waals surface area contributed by atoms with Crippen LogP contribution in [0.1, 0.15) is 13.3 Å². The van der Waals surface area contributed by atoms with Crippen LogP contribution in [0.25, 0.3) is 0 Å². The molecule has 0 saturated carbocycles. The topological polar surface area (TPSA) is 26.0 Å². The molecule has 0 aromatic rings. The Kier molecular flexibility index (Phi) is 13.9. The van der Waals surface area contributed by atoms with Gasteiger partial charge in [-0.15, -0.1) is 0 Å². The van der Waals surface area contributed by atoms with Crippen LogP contribution >= 0.6 is 24.0 Å². The first-order chi connectivity index (χ1) is 3.27. The number of thiocarbonyl (C=S) groups is 1. The van der Waals surface area contributed by atoms with Crippen LogP contribution in [0.3, 0.4) is 0 Å². The number of thioether (sulfide) groups is 1. The molecule has 0 unspecified atom stereocenters. The largest absolute Gasteiger partial charge is 0.385 e. The normalized spacial score (nSPS) is 7.62. The van der Waals surface area contributed by atoms with Crippen molar-refractivity contribution in [1.29, 1.82) is 0 Å². The molecule has 8 heavy (non-hydrogen) atoms. The van der Waals surface area contributed by atoms with Crippen molar-refractivity contribution in [2.75, 3.05) is 5.75 Å². The van der Waals surface area contributed by atoms with Crippen molar-refractivity contribution in [2.24, 2.45) is 5.73 Å². The Bertz CT molecular complexity index is 67.1. The van der Waals surface area contributed by atoms with Gasteiger partial charge in [0.05, 0.1) is 0 Å². The summed E-state index contributed by atoms with van der Waals surface area (Å²) in [6.07, 6.45) is 1.14. The van der Waals surface area contributed by atoms with Gasteiger partial charge in [-0.3, -0.25) is 0 Å². The summed E-state index contributed by atoms with van der Waals surface area (Å²) in [7, 11) is 0. The maximum Gasteiger partial charge on any atom is 0.131 e. The first-order valence-corrected chi connectivity index (χ1v) is 3.59. The summed E-state index contributed by atoms with van der Waals surface area (Å²) in [5.74, 6) is 1.05. The molecule has 0 rings (SSSR count). The van der Waals surface area contributed by atoms with E-state index in [1.165, 1.54) is 0 Å². The summed E-state index contributed by atoms with van der Waals surface area (Å²) >= 11 is 6.14. The van der Waals surface area contributed by atoms with E-state index in [2.05, 4.69) is 19.1 Å². The van der Waals surface area contributed by atoms with E-state index in [-0.39, 0.29) is 51.4 Å². The predicted molar refractivity (Wildman–Crippen MR) is 45.3 cm³/mol. The molecule has 0 bridgehead atoms. The Morgan fingerprint density at radius 2 is 2.25 bits per heavy atom. The minimum absolute atomic E-state index is 0.